The van der Waals surface area contributed by atoms with Gasteiger partial charge in [0.15, 0.2) is 11.5 Å². The summed E-state index contributed by atoms with van der Waals surface area (Å²) in [6.45, 7) is 0.219. The van der Waals surface area contributed by atoms with Gasteiger partial charge in [0.1, 0.15) is 12.9 Å². The number of hydrogen-bond acceptors (Lipinski definition) is 5. The lowest BCUT2D eigenvalue weighted by Crippen LogP contribution is -2.03. The van der Waals surface area contributed by atoms with Gasteiger partial charge < -0.3 is 18.9 Å². The van der Waals surface area contributed by atoms with E-state index in [1.807, 2.05) is 6.07 Å². The molecule has 0 radical (unpaired) electrons. The molecule has 7 heteroatoms. The number of allylic oxidation sites excluding steroid dienone is 1. The molecule has 0 aliphatic carbocycles. The summed E-state index contributed by atoms with van der Waals surface area (Å²) < 4.78 is 22.2. The summed E-state index contributed by atoms with van der Waals surface area (Å²) in [5.74, 6) is 1.60. The van der Waals surface area contributed by atoms with E-state index >= 15 is 0 Å². The van der Waals surface area contributed by atoms with Gasteiger partial charge in [-0.25, -0.2) is 0 Å². The van der Waals surface area contributed by atoms with Crippen LogP contribution in [0.4, 0.5) is 0 Å². The van der Waals surface area contributed by atoms with Gasteiger partial charge in [0.25, 0.3) is 0 Å². The van der Waals surface area contributed by atoms with E-state index in [2.05, 4.69) is 0 Å². The van der Waals surface area contributed by atoms with Gasteiger partial charge in [-0.1, -0.05) is 29.3 Å². The van der Waals surface area contributed by atoms with Crippen molar-refractivity contribution in [2.24, 2.45) is 0 Å². The summed E-state index contributed by atoms with van der Waals surface area (Å²) >= 11 is 12.0. The minimum absolute atomic E-state index is 0.219. The van der Waals surface area contributed by atoms with Gasteiger partial charge in [-0.05, 0) is 35.9 Å². The molecule has 138 valence electrons. The van der Waals surface area contributed by atoms with Gasteiger partial charge in [0.2, 0.25) is 11.5 Å². The molecule has 5 nitrogen and oxygen atoms in total. The zero-order chi connectivity index (χ0) is 19.1. The van der Waals surface area contributed by atoms with E-state index in [9.17, 15) is 4.79 Å². The number of carbonyl (C=O) groups is 1. The highest BCUT2D eigenvalue weighted by molar-refractivity contribution is 6.42. The summed E-state index contributed by atoms with van der Waals surface area (Å²) in [4.78, 5) is 10.6. The molecule has 0 fully saturated rings. The van der Waals surface area contributed by atoms with Crippen LogP contribution in [0.2, 0.25) is 10.0 Å². The minimum Gasteiger partial charge on any atom is -0.493 e. The Labute approximate surface area is 162 Å². The molecule has 0 atom stereocenters. The summed E-state index contributed by atoms with van der Waals surface area (Å²) in [7, 11) is 4.52. The van der Waals surface area contributed by atoms with E-state index in [-0.39, 0.29) is 6.61 Å². The first kappa shape index (κ1) is 19.9. The van der Waals surface area contributed by atoms with Crippen LogP contribution in [-0.2, 0) is 11.4 Å². The largest absolute Gasteiger partial charge is 0.493 e. The second-order valence-corrected chi connectivity index (χ2v) is 5.91. The Morgan fingerprint density at radius 3 is 2.23 bits per heavy atom. The third-order valence-corrected chi connectivity index (χ3v) is 4.27. The molecule has 2 rings (SSSR count). The van der Waals surface area contributed by atoms with Crippen molar-refractivity contribution in [1.82, 2.24) is 0 Å². The second-order valence-electron chi connectivity index (χ2n) is 5.10. The highest BCUT2D eigenvalue weighted by Gasteiger charge is 2.21. The Kier molecular flexibility index (Phi) is 7.18. The Morgan fingerprint density at radius 1 is 0.923 bits per heavy atom. The van der Waals surface area contributed by atoms with E-state index in [0.29, 0.717) is 44.9 Å². The van der Waals surface area contributed by atoms with Crippen LogP contribution in [0.25, 0.3) is 6.08 Å². The Bertz CT molecular complexity index is 818. The molecule has 0 N–H and O–H groups in total. The normalized spacial score (nSPS) is 10.7. The van der Waals surface area contributed by atoms with Crippen molar-refractivity contribution in [2.45, 2.75) is 6.61 Å². The molecule has 0 aromatic heterocycles. The SMILES string of the molecule is COc1cc(C=CC=O)c(OC)c(OC)c1OCc1ccc(Cl)c(Cl)c1. The van der Waals surface area contributed by atoms with Crippen LogP contribution >= 0.6 is 23.2 Å². The standard InChI is InChI=1S/C19H18Cl2O5/c1-23-16-10-13(5-4-8-22)17(24-2)19(25-3)18(16)26-11-12-6-7-14(20)15(21)9-12/h4-10H,11H2,1-3H3. The molecule has 26 heavy (non-hydrogen) atoms. The lowest BCUT2D eigenvalue weighted by atomic mass is 10.1. The molecule has 0 aliphatic rings. The summed E-state index contributed by atoms with van der Waals surface area (Å²) in [6, 6.07) is 6.93. The maximum absolute atomic E-state index is 10.6. The monoisotopic (exact) mass is 396 g/mol. The molecule has 2 aromatic carbocycles. The topological polar surface area (TPSA) is 54.0 Å². The molecule has 0 spiro atoms. The molecule has 0 amide bonds. The molecular weight excluding hydrogens is 379 g/mol. The first-order valence-electron chi connectivity index (χ1n) is 7.57. The quantitative estimate of drug-likeness (QED) is 0.473. The fraction of sp³-hybridized carbons (Fsp3) is 0.211. The Morgan fingerprint density at radius 2 is 1.65 bits per heavy atom. The molecule has 0 aliphatic heterocycles. The lowest BCUT2D eigenvalue weighted by Gasteiger charge is -2.19. The van der Waals surface area contributed by atoms with Crippen LogP contribution in [0.15, 0.2) is 30.3 Å². The van der Waals surface area contributed by atoms with Crippen LogP contribution in [0.3, 0.4) is 0 Å². The Hall–Kier alpha value is -2.37. The second kappa shape index (κ2) is 9.36. The summed E-state index contributed by atoms with van der Waals surface area (Å²) in [5, 5.41) is 0.914. The van der Waals surface area contributed by atoms with Crippen LogP contribution < -0.4 is 18.9 Å². The van der Waals surface area contributed by atoms with Crippen molar-refractivity contribution in [2.75, 3.05) is 21.3 Å². The molecule has 0 bridgehead atoms. The zero-order valence-electron chi connectivity index (χ0n) is 14.5. The molecule has 0 unspecified atom stereocenters. The number of benzene rings is 2. The van der Waals surface area contributed by atoms with Crippen LogP contribution in [-0.4, -0.2) is 27.6 Å². The summed E-state index contributed by atoms with van der Waals surface area (Å²) in [6.07, 6.45) is 3.62. The van der Waals surface area contributed by atoms with Gasteiger partial charge in [0, 0.05) is 5.56 Å². The Balaban J connectivity index is 2.43. The van der Waals surface area contributed by atoms with Crippen LogP contribution in [0, 0.1) is 0 Å². The highest BCUT2D eigenvalue weighted by Crippen LogP contribution is 2.47. The average Bonchev–Trinajstić information content (AvgIpc) is 2.66. The predicted octanol–water partition coefficient (Wildman–Crippen LogP) is 4.81. The fourth-order valence-corrected chi connectivity index (χ4v) is 2.68. The van der Waals surface area contributed by atoms with Crippen molar-refractivity contribution in [3.8, 4) is 23.0 Å². The van der Waals surface area contributed by atoms with Crippen molar-refractivity contribution in [3.63, 3.8) is 0 Å². The predicted molar refractivity (Wildman–Crippen MR) is 102 cm³/mol. The van der Waals surface area contributed by atoms with Crippen molar-refractivity contribution >= 4 is 35.6 Å². The van der Waals surface area contributed by atoms with Gasteiger partial charge in [-0.3, -0.25) is 4.79 Å². The summed E-state index contributed by atoms with van der Waals surface area (Å²) in [5.41, 5.74) is 1.45. The van der Waals surface area contributed by atoms with Crippen LogP contribution in [0.1, 0.15) is 11.1 Å². The van der Waals surface area contributed by atoms with Crippen LogP contribution in [0.5, 0.6) is 23.0 Å². The minimum atomic E-state index is 0.219. The van der Waals surface area contributed by atoms with E-state index in [1.165, 1.54) is 27.4 Å². The maximum Gasteiger partial charge on any atom is 0.207 e. The third kappa shape index (κ3) is 4.42. The number of methoxy groups -OCH3 is 3. The molecule has 0 heterocycles. The maximum atomic E-state index is 10.6. The average molecular weight is 397 g/mol. The van der Waals surface area contributed by atoms with Gasteiger partial charge in [0.05, 0.1) is 31.4 Å². The van der Waals surface area contributed by atoms with E-state index in [0.717, 1.165) is 5.56 Å². The van der Waals surface area contributed by atoms with E-state index in [1.54, 1.807) is 24.3 Å². The number of rotatable bonds is 8. The smallest absolute Gasteiger partial charge is 0.207 e. The zero-order valence-corrected chi connectivity index (χ0v) is 16.1. The first-order valence-corrected chi connectivity index (χ1v) is 8.32. The number of carbonyl (C=O) groups excluding carboxylic acids is 1. The number of halogens is 2. The van der Waals surface area contributed by atoms with Crippen molar-refractivity contribution < 1.29 is 23.7 Å². The lowest BCUT2D eigenvalue weighted by molar-refractivity contribution is -0.104. The van der Waals surface area contributed by atoms with Gasteiger partial charge >= 0.3 is 0 Å². The number of hydrogen-bond donors (Lipinski definition) is 0. The number of ether oxygens (including phenoxy) is 4. The third-order valence-electron chi connectivity index (χ3n) is 3.53. The van der Waals surface area contributed by atoms with E-state index < -0.39 is 0 Å². The van der Waals surface area contributed by atoms with E-state index in [4.69, 9.17) is 42.1 Å². The molecule has 2 aromatic rings. The highest BCUT2D eigenvalue weighted by atomic mass is 35.5. The fourth-order valence-electron chi connectivity index (χ4n) is 2.35. The first-order chi connectivity index (χ1) is 12.5. The van der Waals surface area contributed by atoms with Crippen molar-refractivity contribution in [1.29, 1.82) is 0 Å². The molecule has 0 saturated heterocycles. The molecular formula is C19H18Cl2O5. The van der Waals surface area contributed by atoms with Gasteiger partial charge in [-0.2, -0.15) is 0 Å². The molecule has 0 saturated carbocycles. The number of aldehydes is 1. The van der Waals surface area contributed by atoms with Crippen molar-refractivity contribution in [3.05, 3.63) is 51.5 Å². The van der Waals surface area contributed by atoms with Gasteiger partial charge in [-0.15, -0.1) is 0 Å².